The van der Waals surface area contributed by atoms with Gasteiger partial charge in [0, 0.05) is 18.5 Å². The molecule has 4 rings (SSSR count). The fourth-order valence-electron chi connectivity index (χ4n) is 2.63. The van der Waals surface area contributed by atoms with Crippen molar-refractivity contribution in [2.45, 2.75) is 0 Å². The molecule has 1 aliphatic rings. The average molecular weight is 361 g/mol. The molecule has 2 aromatic carbocycles. The van der Waals surface area contributed by atoms with Crippen LogP contribution < -0.4 is 9.47 Å². The van der Waals surface area contributed by atoms with Crippen LogP contribution in [-0.4, -0.2) is 16.7 Å². The predicted molar refractivity (Wildman–Crippen MR) is 95.0 cm³/mol. The quantitative estimate of drug-likeness (QED) is 0.400. The largest absolute Gasteiger partial charge is 0.452 e. The van der Waals surface area contributed by atoms with Crippen LogP contribution in [0, 0.1) is 5.82 Å². The van der Waals surface area contributed by atoms with Gasteiger partial charge in [0.1, 0.15) is 17.3 Å². The Morgan fingerprint density at radius 3 is 2.78 bits per heavy atom. The lowest BCUT2D eigenvalue weighted by atomic mass is 10.1. The number of aromatic nitrogens is 1. The van der Waals surface area contributed by atoms with Crippen LogP contribution in [0.3, 0.4) is 0 Å². The number of nitrogens with zero attached hydrogens (tertiary/aromatic N) is 1. The summed E-state index contributed by atoms with van der Waals surface area (Å²) < 4.78 is 24.2. The Kier molecular flexibility index (Phi) is 4.22. The fraction of sp³-hybridized carbons (Fsp3) is 0. The third kappa shape index (κ3) is 3.46. The number of pyridine rings is 1. The minimum absolute atomic E-state index is 0.0753. The van der Waals surface area contributed by atoms with Crippen molar-refractivity contribution in [2.24, 2.45) is 0 Å². The summed E-state index contributed by atoms with van der Waals surface area (Å²) in [6, 6.07) is 13.5. The van der Waals surface area contributed by atoms with Crippen molar-refractivity contribution in [1.29, 1.82) is 0 Å². The maximum atomic E-state index is 13.3. The summed E-state index contributed by atoms with van der Waals surface area (Å²) in [5.74, 6) is -0.702. The topological polar surface area (TPSA) is 65.5 Å². The first kappa shape index (κ1) is 16.7. The predicted octanol–water partition coefficient (Wildman–Crippen LogP) is 4.06. The Balaban J connectivity index is 1.57. The van der Waals surface area contributed by atoms with Gasteiger partial charge in [-0.25, -0.2) is 9.18 Å². The molecule has 0 N–H and O–H groups in total. The van der Waals surface area contributed by atoms with Gasteiger partial charge in [-0.3, -0.25) is 9.78 Å². The number of ketones is 1. The molecule has 0 fully saturated rings. The van der Waals surface area contributed by atoms with E-state index in [1.54, 1.807) is 30.5 Å². The molecule has 27 heavy (non-hydrogen) atoms. The van der Waals surface area contributed by atoms with Crippen LogP contribution in [0.25, 0.3) is 6.08 Å². The number of ether oxygens (including phenoxy) is 2. The van der Waals surface area contributed by atoms with Crippen molar-refractivity contribution in [3.8, 4) is 11.5 Å². The van der Waals surface area contributed by atoms with E-state index in [0.29, 0.717) is 16.7 Å². The first-order valence-corrected chi connectivity index (χ1v) is 8.06. The zero-order valence-electron chi connectivity index (χ0n) is 13.9. The highest BCUT2D eigenvalue weighted by Gasteiger charge is 2.28. The van der Waals surface area contributed by atoms with E-state index in [2.05, 4.69) is 4.98 Å². The van der Waals surface area contributed by atoms with E-state index in [0.717, 1.165) is 0 Å². The normalized spacial score (nSPS) is 14.0. The molecule has 0 spiro atoms. The summed E-state index contributed by atoms with van der Waals surface area (Å²) in [6.45, 7) is 0. The number of rotatable bonds is 3. The maximum Gasteiger partial charge on any atom is 0.345 e. The van der Waals surface area contributed by atoms with E-state index in [1.807, 2.05) is 0 Å². The Hall–Kier alpha value is -3.80. The van der Waals surface area contributed by atoms with Crippen LogP contribution in [-0.2, 0) is 0 Å². The van der Waals surface area contributed by atoms with Crippen LogP contribution in [0.2, 0.25) is 0 Å². The van der Waals surface area contributed by atoms with Gasteiger partial charge < -0.3 is 9.47 Å². The molecule has 0 bridgehead atoms. The van der Waals surface area contributed by atoms with Crippen LogP contribution in [0.5, 0.6) is 11.5 Å². The second kappa shape index (κ2) is 6.84. The molecular weight excluding hydrogens is 349 g/mol. The van der Waals surface area contributed by atoms with Crippen molar-refractivity contribution in [3.05, 3.63) is 95.3 Å². The first-order chi connectivity index (χ1) is 13.1. The molecular formula is C21H12FNO4. The fourth-order valence-corrected chi connectivity index (χ4v) is 2.63. The minimum atomic E-state index is -0.567. The van der Waals surface area contributed by atoms with Crippen LogP contribution in [0.15, 0.2) is 72.8 Å². The van der Waals surface area contributed by atoms with Crippen molar-refractivity contribution in [3.63, 3.8) is 0 Å². The van der Waals surface area contributed by atoms with Crippen LogP contribution in [0.1, 0.15) is 26.3 Å². The molecule has 0 amide bonds. The summed E-state index contributed by atoms with van der Waals surface area (Å²) >= 11 is 0. The number of carbonyl (C=O) groups excluding carboxylic acids is 2. The molecule has 0 saturated carbocycles. The third-order valence-corrected chi connectivity index (χ3v) is 3.90. The molecule has 2 heterocycles. The first-order valence-electron chi connectivity index (χ1n) is 8.06. The minimum Gasteiger partial charge on any atom is -0.452 e. The summed E-state index contributed by atoms with van der Waals surface area (Å²) in [5.41, 5.74) is 1.16. The summed E-state index contributed by atoms with van der Waals surface area (Å²) in [7, 11) is 0. The molecule has 0 atom stereocenters. The summed E-state index contributed by atoms with van der Waals surface area (Å²) in [6.07, 6.45) is 4.42. The highest BCUT2D eigenvalue weighted by Crippen LogP contribution is 2.35. The number of fused-ring (bicyclic) bond motifs is 1. The lowest BCUT2D eigenvalue weighted by molar-refractivity contribution is 0.0734. The molecule has 6 heteroatoms. The monoisotopic (exact) mass is 361 g/mol. The Morgan fingerprint density at radius 1 is 1.11 bits per heavy atom. The maximum absolute atomic E-state index is 13.3. The van der Waals surface area contributed by atoms with Crippen LogP contribution in [0.4, 0.5) is 4.39 Å². The zero-order valence-corrected chi connectivity index (χ0v) is 13.9. The molecule has 3 aromatic rings. The molecule has 0 unspecified atom stereocenters. The van der Waals surface area contributed by atoms with E-state index in [9.17, 15) is 14.0 Å². The zero-order chi connectivity index (χ0) is 18.8. The van der Waals surface area contributed by atoms with Gasteiger partial charge in [-0.15, -0.1) is 0 Å². The van der Waals surface area contributed by atoms with Crippen molar-refractivity contribution < 1.29 is 23.5 Å². The second-order valence-electron chi connectivity index (χ2n) is 5.78. The second-order valence-corrected chi connectivity index (χ2v) is 5.78. The lowest BCUT2D eigenvalue weighted by Gasteiger charge is -2.05. The number of halogens is 1. The molecule has 0 saturated heterocycles. The van der Waals surface area contributed by atoms with Gasteiger partial charge in [0.05, 0.1) is 11.1 Å². The van der Waals surface area contributed by atoms with Gasteiger partial charge in [-0.05, 0) is 48.0 Å². The number of esters is 1. The van der Waals surface area contributed by atoms with Crippen molar-refractivity contribution in [1.82, 2.24) is 4.98 Å². The third-order valence-electron chi connectivity index (χ3n) is 3.90. The van der Waals surface area contributed by atoms with Gasteiger partial charge in [-0.1, -0.05) is 12.1 Å². The number of hydrogen-bond donors (Lipinski definition) is 0. The van der Waals surface area contributed by atoms with E-state index in [4.69, 9.17) is 9.47 Å². The van der Waals surface area contributed by atoms with Gasteiger partial charge in [-0.2, -0.15) is 0 Å². The Labute approximate surface area is 153 Å². The number of carbonyl (C=O) groups is 2. The molecule has 1 aliphatic heterocycles. The SMILES string of the molecule is O=C(Oc1ccc2c(c1)O/C(=C\c1cccc(F)c1)C2=O)c1cccnc1. The number of hydrogen-bond acceptors (Lipinski definition) is 5. The average Bonchev–Trinajstić information content (AvgIpc) is 2.97. The smallest absolute Gasteiger partial charge is 0.345 e. The van der Waals surface area contributed by atoms with E-state index < -0.39 is 11.8 Å². The Morgan fingerprint density at radius 2 is 2.00 bits per heavy atom. The summed E-state index contributed by atoms with van der Waals surface area (Å²) in [5, 5.41) is 0. The van der Waals surface area contributed by atoms with E-state index in [1.165, 1.54) is 42.6 Å². The molecule has 5 nitrogen and oxygen atoms in total. The van der Waals surface area contributed by atoms with Gasteiger partial charge in [0.2, 0.25) is 5.78 Å². The van der Waals surface area contributed by atoms with Gasteiger partial charge in [0.25, 0.3) is 0 Å². The van der Waals surface area contributed by atoms with Gasteiger partial charge in [0.15, 0.2) is 5.76 Å². The number of allylic oxidation sites excluding steroid dienone is 1. The lowest BCUT2D eigenvalue weighted by Crippen LogP contribution is -2.08. The highest BCUT2D eigenvalue weighted by atomic mass is 19.1. The van der Waals surface area contributed by atoms with E-state index >= 15 is 0 Å². The molecule has 0 aliphatic carbocycles. The summed E-state index contributed by atoms with van der Waals surface area (Å²) in [4.78, 5) is 28.4. The van der Waals surface area contributed by atoms with Gasteiger partial charge >= 0.3 is 5.97 Å². The standard InChI is InChI=1S/C21H12FNO4/c22-15-5-1-3-13(9-15)10-19-20(24)17-7-6-16(11-18(17)27-19)26-21(25)14-4-2-8-23-12-14/h1-12H/b19-10-. The molecule has 1 aromatic heterocycles. The highest BCUT2D eigenvalue weighted by molar-refractivity contribution is 6.14. The van der Waals surface area contributed by atoms with Crippen LogP contribution >= 0.6 is 0 Å². The van der Waals surface area contributed by atoms with Crippen molar-refractivity contribution in [2.75, 3.05) is 0 Å². The molecule has 132 valence electrons. The Bertz CT molecular complexity index is 1080. The van der Waals surface area contributed by atoms with Crippen molar-refractivity contribution >= 4 is 17.8 Å². The molecule has 0 radical (unpaired) electrons. The van der Waals surface area contributed by atoms with E-state index in [-0.39, 0.29) is 23.0 Å². The number of Topliss-reactive ketones (excluding diaryl/α,β-unsaturated/α-hetero) is 1. The number of benzene rings is 2.